The van der Waals surface area contributed by atoms with Crippen LogP contribution in [0.2, 0.25) is 5.02 Å². The van der Waals surface area contributed by atoms with Gasteiger partial charge in [0, 0.05) is 12.1 Å². The molecule has 0 aliphatic rings. The predicted molar refractivity (Wildman–Crippen MR) is 87.4 cm³/mol. The Labute approximate surface area is 196 Å². The minimum Gasteiger partial charge on any atom is -0.319 e. The predicted octanol–water partition coefficient (Wildman–Crippen LogP) is 6.90. The smallest absolute Gasteiger partial charge is 0.319 e. The van der Waals surface area contributed by atoms with Crippen molar-refractivity contribution < 1.29 is 80.0 Å². The highest BCUT2D eigenvalue weighted by molar-refractivity contribution is 6.34. The molecule has 0 atom stereocenters. The molecule has 1 aromatic carbocycles. The zero-order valence-corrected chi connectivity index (χ0v) is 17.2. The van der Waals surface area contributed by atoms with E-state index in [2.05, 4.69) is 0 Å². The van der Waals surface area contributed by atoms with Gasteiger partial charge in [-0.15, -0.1) is 0 Å². The molecule has 0 fully saturated rings. The monoisotopic (exact) mass is 600 g/mol. The fourth-order valence-electron chi connectivity index (χ4n) is 2.20. The van der Waals surface area contributed by atoms with Gasteiger partial charge in [0.25, 0.3) is 5.69 Å². The highest BCUT2D eigenvalue weighted by Gasteiger charge is 2.94. The van der Waals surface area contributed by atoms with Gasteiger partial charge in [0.05, 0.1) is 15.6 Å². The van der Waals surface area contributed by atoms with Crippen molar-refractivity contribution in [2.45, 2.75) is 47.9 Å². The van der Waals surface area contributed by atoms with Crippen molar-refractivity contribution in [3.63, 3.8) is 0 Å². The number of nitro groups is 1. The van der Waals surface area contributed by atoms with Crippen LogP contribution in [0.15, 0.2) is 18.2 Å². The summed E-state index contributed by atoms with van der Waals surface area (Å²) in [6.07, 6.45) is -5.98. The molecule has 0 aliphatic carbocycles. The second-order valence-electron chi connectivity index (χ2n) is 6.75. The van der Waals surface area contributed by atoms with Gasteiger partial charge in [-0.25, -0.2) is 8.78 Å². The van der Waals surface area contributed by atoms with Crippen LogP contribution in [0.1, 0.15) is 0 Å². The third kappa shape index (κ3) is 4.58. The summed E-state index contributed by atoms with van der Waals surface area (Å²) in [5, 5.41) is 9.97. The first-order valence-corrected chi connectivity index (χ1v) is 8.72. The number of anilines is 1. The third-order valence-corrected chi connectivity index (χ3v) is 4.67. The Bertz CT molecular complexity index is 1060. The molecule has 1 rings (SSSR count). The number of nitro benzene ring substituents is 1. The topological polar surface area (TPSA) is 72.2 Å². The number of halogens is 17. The summed E-state index contributed by atoms with van der Waals surface area (Å²) in [4.78, 5) is 20.8. The normalized spacial score (nSPS) is 14.6. The van der Waals surface area contributed by atoms with Crippen LogP contribution in [0.25, 0.3) is 0 Å². The summed E-state index contributed by atoms with van der Waals surface area (Å²) in [5.74, 6) is -60.7. The van der Waals surface area contributed by atoms with Crippen molar-refractivity contribution in [1.82, 2.24) is 0 Å². The Morgan fingerprint density at radius 3 is 1.57 bits per heavy atom. The van der Waals surface area contributed by atoms with Crippen LogP contribution in [-0.2, 0) is 4.79 Å². The van der Waals surface area contributed by atoms with E-state index in [1.807, 2.05) is 0 Å². The lowest BCUT2D eigenvalue weighted by Gasteiger charge is -2.42. The standard InChI is InChI=1S/C15H5ClF16N2O3/c16-5-3-4(34(36)37)1-2-6(5)33-8(35)10(21,22)12(25,26)14(29,30)15(31,32)13(27,28)11(23,24)9(19,20)7(17)18/h1-3,7H,(H,33,35). The SMILES string of the molecule is O=C(Nc1ccc([N+](=O)[O-])cc1Cl)C(F)(F)C(F)(F)C(F)(F)C(F)(F)C(F)(F)C(F)(F)C(F)(F)C(F)F. The molecule has 0 heterocycles. The largest absolute Gasteiger partial charge is 0.393 e. The van der Waals surface area contributed by atoms with Gasteiger partial charge < -0.3 is 5.32 Å². The first-order valence-electron chi connectivity index (χ1n) is 8.34. The van der Waals surface area contributed by atoms with Gasteiger partial charge in [0.15, 0.2) is 0 Å². The number of hydrogen-bond donors (Lipinski definition) is 1. The Morgan fingerprint density at radius 1 is 0.784 bits per heavy atom. The first kappa shape index (κ1) is 32.3. The summed E-state index contributed by atoms with van der Waals surface area (Å²) >= 11 is 5.29. The van der Waals surface area contributed by atoms with E-state index in [1.54, 1.807) is 0 Å². The molecule has 1 aromatic rings. The van der Waals surface area contributed by atoms with Gasteiger partial charge in [-0.05, 0) is 6.07 Å². The molecule has 0 aliphatic heterocycles. The van der Waals surface area contributed by atoms with Gasteiger partial charge in [0.1, 0.15) is 0 Å². The molecule has 5 nitrogen and oxygen atoms in total. The van der Waals surface area contributed by atoms with Crippen molar-refractivity contribution >= 4 is 28.9 Å². The Morgan fingerprint density at radius 2 is 1.19 bits per heavy atom. The number of alkyl halides is 16. The third-order valence-electron chi connectivity index (χ3n) is 4.36. The summed E-state index contributed by atoms with van der Waals surface area (Å²) in [6, 6.07) is 0.800. The minimum atomic E-state index is -8.65. The van der Waals surface area contributed by atoms with Crippen molar-refractivity contribution in [3.05, 3.63) is 33.3 Å². The maximum absolute atomic E-state index is 13.9. The van der Waals surface area contributed by atoms with Crippen molar-refractivity contribution in [3.8, 4) is 0 Å². The molecule has 22 heteroatoms. The van der Waals surface area contributed by atoms with Crippen molar-refractivity contribution in [1.29, 1.82) is 0 Å². The number of hydrogen-bond acceptors (Lipinski definition) is 3. The number of rotatable bonds is 10. The molecule has 37 heavy (non-hydrogen) atoms. The van der Waals surface area contributed by atoms with E-state index < -0.39 is 75.1 Å². The van der Waals surface area contributed by atoms with E-state index in [0.29, 0.717) is 11.4 Å². The van der Waals surface area contributed by atoms with Crippen molar-refractivity contribution in [2.24, 2.45) is 0 Å². The van der Waals surface area contributed by atoms with Crippen LogP contribution in [0.3, 0.4) is 0 Å². The Balaban J connectivity index is 3.55. The van der Waals surface area contributed by atoms with Crippen LogP contribution < -0.4 is 5.32 Å². The second-order valence-corrected chi connectivity index (χ2v) is 7.15. The van der Waals surface area contributed by atoms with Gasteiger partial charge >= 0.3 is 53.8 Å². The van der Waals surface area contributed by atoms with Crippen LogP contribution in [0, 0.1) is 10.1 Å². The minimum absolute atomic E-state index is 0.209. The molecule has 1 amide bonds. The second kappa shape index (κ2) is 9.22. The van der Waals surface area contributed by atoms with E-state index in [9.17, 15) is 85.2 Å². The average molecular weight is 601 g/mol. The van der Waals surface area contributed by atoms with Crippen LogP contribution >= 0.6 is 11.6 Å². The zero-order chi connectivity index (χ0) is 29.8. The maximum Gasteiger partial charge on any atom is 0.393 e. The molecular formula is C15H5ClF16N2O3. The van der Waals surface area contributed by atoms with Gasteiger partial charge in [-0.3, -0.25) is 14.9 Å². The number of amides is 1. The highest BCUT2D eigenvalue weighted by atomic mass is 35.5. The number of carbonyl (C=O) groups is 1. The fraction of sp³-hybridized carbons (Fsp3) is 0.533. The van der Waals surface area contributed by atoms with E-state index in [-0.39, 0.29) is 12.1 Å². The van der Waals surface area contributed by atoms with E-state index in [1.165, 1.54) is 0 Å². The average Bonchev–Trinajstić information content (AvgIpc) is 2.73. The van der Waals surface area contributed by atoms with Gasteiger partial charge in [-0.2, -0.15) is 61.5 Å². The molecule has 0 aromatic heterocycles. The van der Waals surface area contributed by atoms with Gasteiger partial charge in [-0.1, -0.05) is 11.6 Å². The molecule has 0 spiro atoms. The lowest BCUT2D eigenvalue weighted by atomic mass is 9.89. The van der Waals surface area contributed by atoms with Gasteiger partial charge in [0.2, 0.25) is 0 Å². The van der Waals surface area contributed by atoms with Crippen LogP contribution in [0.5, 0.6) is 0 Å². The molecule has 1 N–H and O–H groups in total. The summed E-state index contributed by atoms with van der Waals surface area (Å²) in [6.45, 7) is 0. The molecule has 0 unspecified atom stereocenters. The molecular weight excluding hydrogens is 596 g/mol. The first-order chi connectivity index (χ1) is 16.2. The molecule has 0 radical (unpaired) electrons. The van der Waals surface area contributed by atoms with Crippen LogP contribution in [0.4, 0.5) is 81.6 Å². The lowest BCUT2D eigenvalue weighted by molar-refractivity contribution is -0.443. The summed E-state index contributed by atoms with van der Waals surface area (Å²) < 4.78 is 212. The lowest BCUT2D eigenvalue weighted by Crippen LogP contribution is -2.74. The quantitative estimate of drug-likeness (QED) is 0.181. The molecule has 0 bridgehead atoms. The summed E-state index contributed by atoms with van der Waals surface area (Å²) in [7, 11) is 0. The number of non-ortho nitro benzene ring substituents is 1. The molecule has 212 valence electrons. The molecule has 0 saturated heterocycles. The number of nitrogens with one attached hydrogen (secondary N) is 1. The zero-order valence-electron chi connectivity index (χ0n) is 16.4. The van der Waals surface area contributed by atoms with Crippen molar-refractivity contribution in [2.75, 3.05) is 5.32 Å². The Hall–Kier alpha value is -2.74. The molecule has 0 saturated carbocycles. The number of carbonyl (C=O) groups excluding carboxylic acids is 1. The fourth-order valence-corrected chi connectivity index (χ4v) is 2.42. The Kier molecular flexibility index (Phi) is 8.05. The highest BCUT2D eigenvalue weighted by Crippen LogP contribution is 2.62. The van der Waals surface area contributed by atoms with E-state index in [0.717, 1.165) is 0 Å². The number of nitrogens with zero attached hydrogens (tertiary/aromatic N) is 1. The summed E-state index contributed by atoms with van der Waals surface area (Å²) in [5.41, 5.74) is -2.26. The van der Waals surface area contributed by atoms with E-state index in [4.69, 9.17) is 11.6 Å². The van der Waals surface area contributed by atoms with Crippen LogP contribution in [-0.4, -0.2) is 58.7 Å². The van der Waals surface area contributed by atoms with E-state index >= 15 is 0 Å². The number of benzene rings is 1. The maximum atomic E-state index is 13.9.